The molecule has 0 radical (unpaired) electrons. The van der Waals surface area contributed by atoms with Crippen molar-refractivity contribution in [2.45, 2.75) is 77.6 Å². The first kappa shape index (κ1) is 28.9. The van der Waals surface area contributed by atoms with E-state index in [9.17, 15) is 9.59 Å². The largest absolute Gasteiger partial charge is 0.477 e. The molecule has 1 aliphatic heterocycles. The summed E-state index contributed by atoms with van der Waals surface area (Å²) in [6.45, 7) is 7.58. The summed E-state index contributed by atoms with van der Waals surface area (Å²) in [5, 5.41) is 18.7. The van der Waals surface area contributed by atoms with Crippen LogP contribution < -0.4 is 10.5 Å². The maximum Gasteiger partial charge on any atom is 0.346 e. The van der Waals surface area contributed by atoms with Gasteiger partial charge in [0.2, 0.25) is 0 Å². The summed E-state index contributed by atoms with van der Waals surface area (Å²) in [5.74, 6) is -1.32. The van der Waals surface area contributed by atoms with Crippen LogP contribution in [0.2, 0.25) is 0 Å². The predicted molar refractivity (Wildman–Crippen MR) is 161 cm³/mol. The molecule has 2 aromatic carbocycles. The molecule has 3 aromatic rings. The molecule has 0 saturated heterocycles. The zero-order chi connectivity index (χ0) is 28.7. The lowest BCUT2D eigenvalue weighted by molar-refractivity contribution is -0.132. The van der Waals surface area contributed by atoms with Crippen LogP contribution in [0.25, 0.3) is 17.0 Å². The second-order valence-electron chi connectivity index (χ2n) is 11.2. The van der Waals surface area contributed by atoms with E-state index < -0.39 is 17.2 Å². The molecule has 0 unspecified atom stereocenters. The lowest BCUT2D eigenvalue weighted by Crippen LogP contribution is -2.34. The van der Waals surface area contributed by atoms with E-state index >= 15 is 0 Å². The lowest BCUT2D eigenvalue weighted by atomic mass is 9.77. The molecule has 208 valence electrons. The molecule has 6 nitrogen and oxygen atoms in total. The molecular formula is C34H38N2O4. The Morgan fingerprint density at radius 2 is 1.82 bits per heavy atom. The summed E-state index contributed by atoms with van der Waals surface area (Å²) < 4.78 is 5.71. The van der Waals surface area contributed by atoms with E-state index in [0.29, 0.717) is 5.58 Å². The first-order valence-electron chi connectivity index (χ1n) is 14.2. The smallest absolute Gasteiger partial charge is 0.346 e. The molecule has 1 N–H and O–H groups in total. The number of unbranched alkanes of at least 4 members (excludes halogenated alkanes) is 5. The summed E-state index contributed by atoms with van der Waals surface area (Å²) in [6, 6.07) is 16.3. The van der Waals surface area contributed by atoms with Crippen LogP contribution in [0.4, 0.5) is 11.4 Å². The molecule has 4 rings (SSSR count). The van der Waals surface area contributed by atoms with E-state index in [4.69, 9.17) is 14.8 Å². The van der Waals surface area contributed by atoms with Crippen molar-refractivity contribution in [3.8, 4) is 6.07 Å². The standard InChI is InChI=1S/C34H38N2O4/c1-4-5-6-7-8-9-11-24-14-16-28(17-15-24)36-19-18-34(2,3)29-21-27-20-25(12-10-13-26(23-35)32(37)38)33(39)40-31(27)22-30(29)36/h10,12-17,20-22H,4-9,11,18-19H2,1-3H3,(H,37,38)/b12-10+,26-13+. The van der Waals surface area contributed by atoms with Crippen molar-refractivity contribution in [1.82, 2.24) is 0 Å². The fourth-order valence-corrected chi connectivity index (χ4v) is 5.32. The van der Waals surface area contributed by atoms with Crippen LogP contribution in [0, 0.1) is 11.3 Å². The number of rotatable bonds is 11. The van der Waals surface area contributed by atoms with Crippen molar-refractivity contribution in [1.29, 1.82) is 5.26 Å². The van der Waals surface area contributed by atoms with Crippen LogP contribution in [0.5, 0.6) is 0 Å². The number of hydrogen-bond donors (Lipinski definition) is 1. The van der Waals surface area contributed by atoms with E-state index in [1.807, 2.05) is 6.07 Å². The Bertz CT molecular complexity index is 1520. The summed E-state index contributed by atoms with van der Waals surface area (Å²) in [7, 11) is 0. The van der Waals surface area contributed by atoms with Gasteiger partial charge >= 0.3 is 11.6 Å². The molecule has 0 amide bonds. The molecule has 0 atom stereocenters. The lowest BCUT2D eigenvalue weighted by Gasteiger charge is -2.40. The van der Waals surface area contributed by atoms with Gasteiger partial charge in [-0.2, -0.15) is 5.26 Å². The summed E-state index contributed by atoms with van der Waals surface area (Å²) >= 11 is 0. The van der Waals surface area contributed by atoms with E-state index in [1.165, 1.54) is 67.9 Å². The Morgan fingerprint density at radius 1 is 1.10 bits per heavy atom. The number of carbonyl (C=O) groups is 1. The molecule has 6 heteroatoms. The molecule has 0 aliphatic carbocycles. The number of allylic oxidation sites excluding steroid dienone is 2. The summed E-state index contributed by atoms with van der Waals surface area (Å²) in [4.78, 5) is 26.1. The normalized spacial score (nSPS) is 14.8. The van der Waals surface area contributed by atoms with Crippen molar-refractivity contribution in [3.05, 3.63) is 87.3 Å². The highest BCUT2D eigenvalue weighted by molar-refractivity contribution is 5.91. The van der Waals surface area contributed by atoms with E-state index in [0.717, 1.165) is 36.1 Å². The van der Waals surface area contributed by atoms with Crippen molar-refractivity contribution in [3.63, 3.8) is 0 Å². The average molecular weight is 539 g/mol. The Labute approximate surface area is 236 Å². The zero-order valence-corrected chi connectivity index (χ0v) is 23.7. The third-order valence-electron chi connectivity index (χ3n) is 7.81. The SMILES string of the molecule is CCCCCCCCc1ccc(N2CCC(C)(C)c3cc4cc(/C=C/C=C(\C#N)C(=O)O)c(=O)oc4cc32)cc1. The van der Waals surface area contributed by atoms with Crippen LogP contribution in [0.3, 0.4) is 0 Å². The van der Waals surface area contributed by atoms with Gasteiger partial charge in [-0.25, -0.2) is 9.59 Å². The first-order valence-corrected chi connectivity index (χ1v) is 14.2. The number of fused-ring (bicyclic) bond motifs is 2. The summed E-state index contributed by atoms with van der Waals surface area (Å²) in [5.41, 5.74) is 4.52. The molecule has 0 saturated carbocycles. The van der Waals surface area contributed by atoms with Gasteiger partial charge < -0.3 is 14.4 Å². The maximum atomic E-state index is 12.7. The van der Waals surface area contributed by atoms with Crippen molar-refractivity contribution in [2.75, 3.05) is 11.4 Å². The highest BCUT2D eigenvalue weighted by Crippen LogP contribution is 2.44. The van der Waals surface area contributed by atoms with E-state index in [-0.39, 0.29) is 11.0 Å². The topological polar surface area (TPSA) is 94.5 Å². The van der Waals surface area contributed by atoms with Crippen molar-refractivity contribution >= 4 is 34.4 Å². The third kappa shape index (κ3) is 6.71. The molecule has 0 bridgehead atoms. The van der Waals surface area contributed by atoms with E-state index in [2.05, 4.69) is 56.0 Å². The third-order valence-corrected chi connectivity index (χ3v) is 7.81. The molecule has 2 heterocycles. The van der Waals surface area contributed by atoms with Gasteiger partial charge in [-0.1, -0.05) is 71.1 Å². The number of carboxylic acid groups (broad SMARTS) is 1. The fourth-order valence-electron chi connectivity index (χ4n) is 5.32. The van der Waals surface area contributed by atoms with Gasteiger partial charge in [-0.05, 0) is 72.2 Å². The maximum absolute atomic E-state index is 12.7. The Kier molecular flexibility index (Phi) is 9.26. The van der Waals surface area contributed by atoms with Crippen LogP contribution in [0.15, 0.2) is 69.4 Å². The molecule has 1 aliphatic rings. The summed E-state index contributed by atoms with van der Waals surface area (Å²) in [6.07, 6.45) is 13.9. The molecule has 0 spiro atoms. The number of hydrogen-bond acceptors (Lipinski definition) is 5. The Hall–Kier alpha value is -4.11. The minimum Gasteiger partial charge on any atom is -0.477 e. The number of nitrogens with zero attached hydrogens (tertiary/aromatic N) is 2. The second kappa shape index (κ2) is 12.8. The van der Waals surface area contributed by atoms with Crippen LogP contribution in [-0.4, -0.2) is 17.6 Å². The average Bonchev–Trinajstić information content (AvgIpc) is 2.93. The van der Waals surface area contributed by atoms with E-state index in [1.54, 1.807) is 12.1 Å². The molecule has 40 heavy (non-hydrogen) atoms. The van der Waals surface area contributed by atoms with Gasteiger partial charge in [0.05, 0.1) is 5.56 Å². The number of aliphatic carboxylic acids is 1. The molecular weight excluding hydrogens is 500 g/mol. The zero-order valence-electron chi connectivity index (χ0n) is 23.7. The van der Waals surface area contributed by atoms with Crippen LogP contribution >= 0.6 is 0 Å². The van der Waals surface area contributed by atoms with Gasteiger partial charge in [0.1, 0.15) is 17.2 Å². The van der Waals surface area contributed by atoms with Crippen LogP contribution in [-0.2, 0) is 16.6 Å². The van der Waals surface area contributed by atoms with Crippen molar-refractivity contribution in [2.24, 2.45) is 0 Å². The highest BCUT2D eigenvalue weighted by Gasteiger charge is 2.32. The van der Waals surface area contributed by atoms with Gasteiger partial charge in [-0.15, -0.1) is 0 Å². The quantitative estimate of drug-likeness (QED) is 0.0872. The monoisotopic (exact) mass is 538 g/mol. The van der Waals surface area contributed by atoms with Gasteiger partial charge in [-0.3, -0.25) is 0 Å². The number of benzene rings is 2. The Balaban J connectivity index is 1.60. The van der Waals surface area contributed by atoms with Gasteiger partial charge in [0.15, 0.2) is 0 Å². The molecule has 0 fully saturated rings. The fraction of sp³-hybridized carbons (Fsp3) is 0.382. The Morgan fingerprint density at radius 3 is 2.52 bits per heavy atom. The molecule has 1 aromatic heterocycles. The highest BCUT2D eigenvalue weighted by atomic mass is 16.4. The van der Waals surface area contributed by atoms with Gasteiger partial charge in [0, 0.05) is 29.4 Å². The number of anilines is 2. The number of aryl methyl sites for hydroxylation is 1. The van der Waals surface area contributed by atoms with Crippen molar-refractivity contribution < 1.29 is 14.3 Å². The predicted octanol–water partition coefficient (Wildman–Crippen LogP) is 8.06. The van der Waals surface area contributed by atoms with Gasteiger partial charge in [0.25, 0.3) is 0 Å². The first-order chi connectivity index (χ1) is 19.2. The number of carboxylic acids is 1. The minimum atomic E-state index is -1.32. The second-order valence-corrected chi connectivity index (χ2v) is 11.2. The van der Waals surface area contributed by atoms with Crippen LogP contribution in [0.1, 0.15) is 82.4 Å². The number of nitriles is 1. The minimum absolute atomic E-state index is 0.0597.